The first-order chi connectivity index (χ1) is 13.6. The predicted molar refractivity (Wildman–Crippen MR) is 105 cm³/mol. The number of aliphatic hydroxyl groups is 1. The van der Waals surface area contributed by atoms with Crippen molar-refractivity contribution in [2.45, 2.75) is 37.8 Å². The van der Waals surface area contributed by atoms with Crippen LogP contribution >= 0.6 is 0 Å². The Labute approximate surface area is 166 Å². The number of methoxy groups -OCH3 is 1. The average Bonchev–Trinajstić information content (AvgIpc) is 2.70. The van der Waals surface area contributed by atoms with Crippen molar-refractivity contribution in [1.29, 1.82) is 0 Å². The van der Waals surface area contributed by atoms with Crippen LogP contribution in [0, 0.1) is 11.8 Å². The highest BCUT2D eigenvalue weighted by Crippen LogP contribution is 2.19. The van der Waals surface area contributed by atoms with Gasteiger partial charge in [-0.05, 0) is 18.4 Å². The molecule has 0 saturated carbocycles. The van der Waals surface area contributed by atoms with Crippen molar-refractivity contribution in [2.75, 3.05) is 26.9 Å². The molecule has 2 atom stereocenters. The van der Waals surface area contributed by atoms with Gasteiger partial charge in [0, 0.05) is 12.8 Å². The minimum Gasteiger partial charge on any atom is -0.467 e. The molecular weight excluding hydrogens is 358 g/mol. The maximum Gasteiger partial charge on any atom is 0.331 e. The first kappa shape index (κ1) is 21.7. The van der Waals surface area contributed by atoms with Crippen LogP contribution in [0.4, 0.5) is 0 Å². The highest BCUT2D eigenvalue weighted by atomic mass is 16.6. The van der Waals surface area contributed by atoms with Crippen LogP contribution in [0.1, 0.15) is 24.8 Å². The lowest BCUT2D eigenvalue weighted by Gasteiger charge is -2.32. The molecule has 0 aromatic heterocycles. The number of likely N-dealkylation sites (tertiary alicyclic amines) is 1. The molecule has 1 aromatic carbocycles. The molecule has 1 N–H and O–H groups in total. The maximum absolute atomic E-state index is 12.3. The topological polar surface area (TPSA) is 76.1 Å². The number of ether oxygens (including phenoxy) is 2. The van der Waals surface area contributed by atoms with Crippen molar-refractivity contribution in [2.24, 2.45) is 0 Å². The third-order valence-corrected chi connectivity index (χ3v) is 4.45. The van der Waals surface area contributed by atoms with Crippen molar-refractivity contribution in [3.63, 3.8) is 0 Å². The van der Waals surface area contributed by atoms with Crippen LogP contribution in [0.3, 0.4) is 0 Å². The molecule has 1 amide bonds. The second-order valence-corrected chi connectivity index (χ2v) is 6.55. The predicted octanol–water partition coefficient (Wildman–Crippen LogP) is 1.72. The number of hydrogen-bond donors (Lipinski definition) is 1. The van der Waals surface area contributed by atoms with E-state index in [4.69, 9.17) is 4.74 Å². The van der Waals surface area contributed by atoms with Gasteiger partial charge in [-0.15, -0.1) is 0 Å². The van der Waals surface area contributed by atoms with Gasteiger partial charge in [0.05, 0.1) is 25.8 Å². The molecule has 1 aliphatic rings. The van der Waals surface area contributed by atoms with Gasteiger partial charge in [0.25, 0.3) is 0 Å². The summed E-state index contributed by atoms with van der Waals surface area (Å²) in [4.78, 5) is 24.9. The number of nitrogens with zero attached hydrogens (tertiary/aromatic N) is 1. The number of rotatable bonds is 8. The van der Waals surface area contributed by atoms with Crippen LogP contribution < -0.4 is 0 Å². The van der Waals surface area contributed by atoms with Gasteiger partial charge in [-0.25, -0.2) is 4.79 Å². The number of esters is 1. The summed E-state index contributed by atoms with van der Waals surface area (Å²) in [6, 6.07) is 9.72. The van der Waals surface area contributed by atoms with E-state index in [2.05, 4.69) is 16.6 Å². The summed E-state index contributed by atoms with van der Waals surface area (Å²) in [7, 11) is 1.30. The van der Waals surface area contributed by atoms with Gasteiger partial charge in [0.15, 0.2) is 0 Å². The van der Waals surface area contributed by atoms with Gasteiger partial charge in [-0.2, -0.15) is 0 Å². The highest BCUT2D eigenvalue weighted by Gasteiger charge is 2.25. The second kappa shape index (κ2) is 12.0. The fraction of sp³-hybridized carbons (Fsp3) is 0.455. The lowest BCUT2D eigenvalue weighted by atomic mass is 9.99. The Morgan fingerprint density at radius 1 is 1.36 bits per heavy atom. The summed E-state index contributed by atoms with van der Waals surface area (Å²) in [5.74, 6) is 5.33. The Balaban J connectivity index is 1.85. The van der Waals surface area contributed by atoms with Crippen LogP contribution in [-0.2, 0) is 25.5 Å². The smallest absolute Gasteiger partial charge is 0.331 e. The minimum absolute atomic E-state index is 0.0585. The van der Waals surface area contributed by atoms with E-state index < -0.39 is 12.1 Å². The average molecular weight is 385 g/mol. The molecule has 28 heavy (non-hydrogen) atoms. The molecule has 6 nitrogen and oxygen atoms in total. The lowest BCUT2D eigenvalue weighted by molar-refractivity contribution is -0.145. The van der Waals surface area contributed by atoms with E-state index in [0.717, 1.165) is 18.4 Å². The highest BCUT2D eigenvalue weighted by molar-refractivity contribution is 5.78. The molecule has 1 fully saturated rings. The molecule has 0 aliphatic carbocycles. The van der Waals surface area contributed by atoms with Gasteiger partial charge in [-0.3, -0.25) is 4.79 Å². The molecule has 6 heteroatoms. The van der Waals surface area contributed by atoms with Gasteiger partial charge >= 0.3 is 5.97 Å². The second-order valence-electron chi connectivity index (χ2n) is 6.55. The van der Waals surface area contributed by atoms with E-state index in [0.29, 0.717) is 19.4 Å². The summed E-state index contributed by atoms with van der Waals surface area (Å²) in [6.45, 7) is 0.260. The quantitative estimate of drug-likeness (QED) is 0.319. The zero-order valence-corrected chi connectivity index (χ0v) is 16.2. The zero-order chi connectivity index (χ0) is 20.2. The van der Waals surface area contributed by atoms with Gasteiger partial charge in [-0.1, -0.05) is 54.3 Å². The van der Waals surface area contributed by atoms with E-state index in [1.54, 1.807) is 11.0 Å². The molecule has 0 radical (unpaired) electrons. The third-order valence-electron chi connectivity index (χ3n) is 4.45. The summed E-state index contributed by atoms with van der Waals surface area (Å²) in [6.07, 6.45) is 5.79. The standard InChI is InChI=1S/C22H27NO5/c1-27-22(26)17-28-15-6-5-14-23-19(10-7-11-21(23)25)12-13-20(24)16-18-8-3-2-4-9-18/h2-4,8-9,12-13,19-20,24H,7,10-11,14-17H2,1H3/t19?,20-/m0/s1. The molecule has 0 spiro atoms. The normalized spacial score (nSPS) is 17.9. The third kappa shape index (κ3) is 7.55. The van der Waals surface area contributed by atoms with E-state index in [-0.39, 0.29) is 25.2 Å². The number of carbonyl (C=O) groups is 2. The monoisotopic (exact) mass is 385 g/mol. The van der Waals surface area contributed by atoms with Crippen molar-refractivity contribution in [1.82, 2.24) is 4.90 Å². The molecule has 0 bridgehead atoms. The molecule has 1 aromatic rings. The number of hydrogen-bond acceptors (Lipinski definition) is 5. The first-order valence-electron chi connectivity index (χ1n) is 9.40. The summed E-state index contributed by atoms with van der Waals surface area (Å²) in [5, 5.41) is 10.3. The lowest BCUT2D eigenvalue weighted by Crippen LogP contribution is -2.42. The first-order valence-corrected chi connectivity index (χ1v) is 9.40. The van der Waals surface area contributed by atoms with Gasteiger partial charge < -0.3 is 19.5 Å². The molecule has 150 valence electrons. The van der Waals surface area contributed by atoms with E-state index >= 15 is 0 Å². The van der Waals surface area contributed by atoms with E-state index in [9.17, 15) is 14.7 Å². The number of aliphatic hydroxyl groups excluding tert-OH is 1. The molecule has 1 aliphatic heterocycles. The Morgan fingerprint density at radius 2 is 2.14 bits per heavy atom. The molecule has 1 unspecified atom stereocenters. The van der Waals surface area contributed by atoms with Crippen molar-refractivity contribution in [3.8, 4) is 11.8 Å². The van der Waals surface area contributed by atoms with Crippen LogP contribution in [0.5, 0.6) is 0 Å². The Bertz CT molecular complexity index is 719. The number of benzene rings is 1. The van der Waals surface area contributed by atoms with Crippen molar-refractivity contribution < 1.29 is 24.2 Å². The van der Waals surface area contributed by atoms with Crippen LogP contribution in [0.25, 0.3) is 0 Å². The Hall–Kier alpha value is -2.62. The molecule has 2 rings (SSSR count). The fourth-order valence-corrected chi connectivity index (χ4v) is 2.97. The zero-order valence-electron chi connectivity index (χ0n) is 16.2. The maximum atomic E-state index is 12.3. The Morgan fingerprint density at radius 3 is 2.89 bits per heavy atom. The molecular formula is C22H27NO5. The SMILES string of the molecule is COC(=O)COCC#CCN1C(=O)CCCC1C=C[C@H](O)Cc1ccccc1. The van der Waals surface area contributed by atoms with Crippen LogP contribution in [-0.4, -0.2) is 60.9 Å². The minimum atomic E-state index is -0.598. The fourth-order valence-electron chi connectivity index (χ4n) is 2.97. The molecule has 1 heterocycles. The van der Waals surface area contributed by atoms with Crippen LogP contribution in [0.15, 0.2) is 42.5 Å². The molecule has 1 saturated heterocycles. The Kier molecular flexibility index (Phi) is 9.26. The van der Waals surface area contributed by atoms with E-state index in [1.165, 1.54) is 7.11 Å². The summed E-state index contributed by atoms with van der Waals surface area (Å²) >= 11 is 0. The largest absolute Gasteiger partial charge is 0.467 e. The number of amides is 1. The summed E-state index contributed by atoms with van der Waals surface area (Å²) in [5.41, 5.74) is 1.06. The van der Waals surface area contributed by atoms with Crippen molar-refractivity contribution >= 4 is 11.9 Å². The van der Waals surface area contributed by atoms with Crippen molar-refractivity contribution in [3.05, 3.63) is 48.0 Å². The van der Waals surface area contributed by atoms with E-state index in [1.807, 2.05) is 36.4 Å². The number of piperidine rings is 1. The summed E-state index contributed by atoms with van der Waals surface area (Å²) < 4.78 is 9.54. The van der Waals surface area contributed by atoms with Gasteiger partial charge in [0.1, 0.15) is 13.2 Å². The van der Waals surface area contributed by atoms with Crippen LogP contribution in [0.2, 0.25) is 0 Å². The number of carbonyl (C=O) groups excluding carboxylic acids is 2. The van der Waals surface area contributed by atoms with Gasteiger partial charge in [0.2, 0.25) is 5.91 Å².